The van der Waals surface area contributed by atoms with E-state index in [1.807, 2.05) is 0 Å². The van der Waals surface area contributed by atoms with Crippen molar-refractivity contribution in [2.45, 2.75) is 14.4 Å². The van der Waals surface area contributed by atoms with Crippen molar-refractivity contribution in [2.24, 2.45) is 0 Å². The summed E-state index contributed by atoms with van der Waals surface area (Å²) < 4.78 is 9.25. The summed E-state index contributed by atoms with van der Waals surface area (Å²) in [5, 5.41) is 0. The molecule has 1 rings (SSSR count). The summed E-state index contributed by atoms with van der Waals surface area (Å²) in [5.41, 5.74) is 0. The molecule has 10 heavy (non-hydrogen) atoms. The molecule has 0 saturated carbocycles. The summed E-state index contributed by atoms with van der Waals surface area (Å²) in [6.07, 6.45) is 1.44. The summed E-state index contributed by atoms with van der Waals surface area (Å²) in [7, 11) is 0. The molecule has 1 heterocycles. The second-order valence-electron chi connectivity index (χ2n) is 1.53. The molecule has 0 radical (unpaired) electrons. The molecule has 0 aliphatic carbocycles. The molecule has 0 atom stereocenters. The third-order valence-corrected chi connectivity index (χ3v) is 0.739. The molecule has 0 bridgehead atoms. The van der Waals surface area contributed by atoms with Crippen LogP contribution in [0.5, 0.6) is 5.95 Å². The normalized spacial score (nSPS) is 8.10. The van der Waals surface area contributed by atoms with Crippen molar-refractivity contribution >= 4 is 5.97 Å². The Hall–Kier alpha value is -1.25. The minimum absolute atomic E-state index is 0. The Morgan fingerprint density at radius 1 is 1.70 bits per heavy atom. The zero-order valence-electron chi connectivity index (χ0n) is 4.96. The lowest BCUT2D eigenvalue weighted by Gasteiger charge is -1.90. The van der Waals surface area contributed by atoms with Gasteiger partial charge >= 0.3 is 5.97 Å². The molecule has 0 amide bonds. The van der Waals surface area contributed by atoms with Gasteiger partial charge < -0.3 is 9.15 Å². The first-order chi connectivity index (χ1) is 4.29. The van der Waals surface area contributed by atoms with Crippen molar-refractivity contribution in [3.63, 3.8) is 0 Å². The number of carbonyl (C=O) groups is 1. The van der Waals surface area contributed by atoms with Crippen molar-refractivity contribution in [3.8, 4) is 5.95 Å². The topological polar surface area (TPSA) is 39.4 Å². The van der Waals surface area contributed by atoms with Crippen LogP contribution in [0.2, 0.25) is 0 Å². The van der Waals surface area contributed by atoms with Crippen LogP contribution in [0, 0.1) is 0 Å². The fraction of sp³-hybridized carbons (Fsp3) is 0.286. The molecule has 0 spiro atoms. The quantitative estimate of drug-likeness (QED) is 0.561. The monoisotopic (exact) mass is 142 g/mol. The molecule has 0 unspecified atom stereocenters. The SMILES string of the molecule is C.CC(=O)Oc1ccco1. The highest BCUT2D eigenvalue weighted by Gasteiger charge is 1.96. The Bertz CT molecular complexity index is 189. The van der Waals surface area contributed by atoms with Crippen LogP contribution in [-0.4, -0.2) is 5.97 Å². The highest BCUT2D eigenvalue weighted by atomic mass is 16.6. The highest BCUT2D eigenvalue weighted by molar-refractivity contribution is 5.68. The summed E-state index contributed by atoms with van der Waals surface area (Å²) in [6.45, 7) is 1.32. The van der Waals surface area contributed by atoms with E-state index in [2.05, 4.69) is 4.74 Å². The number of esters is 1. The third-order valence-electron chi connectivity index (χ3n) is 0.739. The lowest BCUT2D eigenvalue weighted by atomic mass is 10.6. The molecule has 0 saturated heterocycles. The van der Waals surface area contributed by atoms with Gasteiger partial charge in [-0.1, -0.05) is 7.43 Å². The van der Waals surface area contributed by atoms with E-state index < -0.39 is 0 Å². The van der Waals surface area contributed by atoms with Gasteiger partial charge in [0.2, 0.25) is 0 Å². The van der Waals surface area contributed by atoms with Crippen LogP contribution in [0.25, 0.3) is 0 Å². The van der Waals surface area contributed by atoms with Crippen LogP contribution in [0.15, 0.2) is 22.8 Å². The second-order valence-corrected chi connectivity index (χ2v) is 1.53. The number of ether oxygens (including phenoxy) is 1. The minimum Gasteiger partial charge on any atom is -0.434 e. The zero-order chi connectivity index (χ0) is 6.69. The Morgan fingerprint density at radius 3 is 2.80 bits per heavy atom. The summed E-state index contributed by atoms with van der Waals surface area (Å²) in [6, 6.07) is 3.22. The standard InChI is InChI=1S/C6H6O3.CH4/c1-5(7)9-6-3-2-4-8-6;/h2-4H,1H3;1H4. The molecule has 56 valence electrons. The van der Waals surface area contributed by atoms with Crippen molar-refractivity contribution < 1.29 is 13.9 Å². The molecule has 0 aliphatic heterocycles. The van der Waals surface area contributed by atoms with E-state index in [4.69, 9.17) is 4.42 Å². The van der Waals surface area contributed by atoms with Crippen molar-refractivity contribution in [1.82, 2.24) is 0 Å². The molecule has 3 nitrogen and oxygen atoms in total. The molecular weight excluding hydrogens is 132 g/mol. The fourth-order valence-corrected chi connectivity index (χ4v) is 0.463. The molecule has 0 fully saturated rings. The molecule has 3 heteroatoms. The minimum atomic E-state index is -0.370. The number of furan rings is 1. The fourth-order valence-electron chi connectivity index (χ4n) is 0.463. The average molecular weight is 142 g/mol. The van der Waals surface area contributed by atoms with Crippen LogP contribution < -0.4 is 4.74 Å². The Labute approximate surface area is 59.6 Å². The average Bonchev–Trinajstić information content (AvgIpc) is 2.15. The zero-order valence-corrected chi connectivity index (χ0v) is 4.96. The van der Waals surface area contributed by atoms with Gasteiger partial charge in [0, 0.05) is 13.0 Å². The Balaban J connectivity index is 0.000000810. The number of hydrogen-bond acceptors (Lipinski definition) is 3. The number of hydrogen-bond donors (Lipinski definition) is 0. The predicted octanol–water partition coefficient (Wildman–Crippen LogP) is 1.84. The maximum absolute atomic E-state index is 10.2. The lowest BCUT2D eigenvalue weighted by Crippen LogP contribution is -1.99. The second kappa shape index (κ2) is 3.71. The third kappa shape index (κ3) is 2.35. The van der Waals surface area contributed by atoms with Crippen LogP contribution in [0.3, 0.4) is 0 Å². The summed E-state index contributed by atoms with van der Waals surface area (Å²) in [4.78, 5) is 10.2. The van der Waals surface area contributed by atoms with Gasteiger partial charge in [0.1, 0.15) is 0 Å². The lowest BCUT2D eigenvalue weighted by molar-refractivity contribution is -0.133. The van der Waals surface area contributed by atoms with E-state index in [-0.39, 0.29) is 19.3 Å². The van der Waals surface area contributed by atoms with E-state index in [0.717, 1.165) is 0 Å². The first-order valence-corrected chi connectivity index (χ1v) is 2.51. The van der Waals surface area contributed by atoms with Gasteiger partial charge in [-0.25, -0.2) is 0 Å². The van der Waals surface area contributed by atoms with Crippen molar-refractivity contribution in [3.05, 3.63) is 18.4 Å². The van der Waals surface area contributed by atoms with E-state index in [0.29, 0.717) is 0 Å². The van der Waals surface area contributed by atoms with Crippen LogP contribution in [-0.2, 0) is 4.79 Å². The molecular formula is C7H10O3. The Kier molecular flexibility index (Phi) is 3.25. The molecule has 0 aliphatic rings. The van der Waals surface area contributed by atoms with E-state index in [9.17, 15) is 4.79 Å². The van der Waals surface area contributed by atoms with Gasteiger partial charge in [0.05, 0.1) is 6.26 Å². The van der Waals surface area contributed by atoms with Crippen molar-refractivity contribution in [1.29, 1.82) is 0 Å². The van der Waals surface area contributed by atoms with Crippen LogP contribution in [0.1, 0.15) is 14.4 Å². The maximum Gasteiger partial charge on any atom is 0.310 e. The maximum atomic E-state index is 10.2. The first-order valence-electron chi connectivity index (χ1n) is 2.51. The van der Waals surface area contributed by atoms with E-state index in [1.165, 1.54) is 13.2 Å². The molecule has 0 N–H and O–H groups in total. The summed E-state index contributed by atoms with van der Waals surface area (Å²) in [5.74, 6) is -0.132. The van der Waals surface area contributed by atoms with Gasteiger partial charge in [-0.3, -0.25) is 4.79 Å². The number of carbonyl (C=O) groups excluding carboxylic acids is 1. The van der Waals surface area contributed by atoms with E-state index >= 15 is 0 Å². The van der Waals surface area contributed by atoms with E-state index in [1.54, 1.807) is 12.1 Å². The molecule has 1 aromatic rings. The number of rotatable bonds is 1. The van der Waals surface area contributed by atoms with Crippen molar-refractivity contribution in [2.75, 3.05) is 0 Å². The molecule has 1 aromatic heterocycles. The highest BCUT2D eigenvalue weighted by Crippen LogP contribution is 2.09. The van der Waals surface area contributed by atoms with Gasteiger partial charge in [-0.15, -0.1) is 0 Å². The van der Waals surface area contributed by atoms with Gasteiger partial charge in [-0.2, -0.15) is 0 Å². The first kappa shape index (κ1) is 8.75. The van der Waals surface area contributed by atoms with Crippen LogP contribution in [0.4, 0.5) is 0 Å². The van der Waals surface area contributed by atoms with Gasteiger partial charge in [0.15, 0.2) is 0 Å². The largest absolute Gasteiger partial charge is 0.434 e. The Morgan fingerprint density at radius 2 is 2.40 bits per heavy atom. The predicted molar refractivity (Wildman–Crippen MR) is 36.7 cm³/mol. The smallest absolute Gasteiger partial charge is 0.310 e. The van der Waals surface area contributed by atoms with Gasteiger partial charge in [0.25, 0.3) is 5.95 Å². The van der Waals surface area contributed by atoms with Crippen LogP contribution >= 0.6 is 0 Å². The summed E-state index contributed by atoms with van der Waals surface area (Å²) >= 11 is 0. The molecule has 0 aromatic carbocycles. The van der Waals surface area contributed by atoms with Gasteiger partial charge in [-0.05, 0) is 6.07 Å².